The molecule has 7 heteroatoms. The molecule has 0 fully saturated rings. The summed E-state index contributed by atoms with van der Waals surface area (Å²) in [5, 5.41) is 0.762. The van der Waals surface area contributed by atoms with Crippen molar-refractivity contribution in [2.75, 3.05) is 27.7 Å². The molecule has 0 spiro atoms. The third kappa shape index (κ3) is 4.92. The summed E-state index contributed by atoms with van der Waals surface area (Å²) in [5.41, 5.74) is 1.82. The first-order valence-corrected chi connectivity index (χ1v) is 10.3. The molecule has 6 nitrogen and oxygen atoms in total. The number of hydrogen-bond acceptors (Lipinski definition) is 6. The van der Waals surface area contributed by atoms with E-state index in [1.54, 1.807) is 7.11 Å². The first-order valence-electron chi connectivity index (χ1n) is 9.46. The van der Waals surface area contributed by atoms with Crippen LogP contribution in [0.4, 0.5) is 0 Å². The summed E-state index contributed by atoms with van der Waals surface area (Å²) in [6, 6.07) is 15.4. The standard InChI is InChI=1S/C22H26N2O4S/c1-15(25)28-24-21(26)19(13-14-23(2)3)18-7-5-6-8-20(18)29-22(24)16-9-11-17(27-4)12-10-16/h5-12,19,22H,13-14H2,1-4H3. The zero-order chi connectivity index (χ0) is 21.0. The molecule has 0 radical (unpaired) electrons. The highest BCUT2D eigenvalue weighted by Crippen LogP contribution is 2.46. The van der Waals surface area contributed by atoms with E-state index in [-0.39, 0.29) is 11.8 Å². The Bertz CT molecular complexity index is 869. The molecule has 0 saturated heterocycles. The van der Waals surface area contributed by atoms with Gasteiger partial charge in [-0.05, 0) is 56.4 Å². The molecule has 1 heterocycles. The number of methoxy groups -OCH3 is 1. The normalized spacial score (nSPS) is 18.9. The Morgan fingerprint density at radius 1 is 1.14 bits per heavy atom. The molecule has 154 valence electrons. The van der Waals surface area contributed by atoms with Crippen LogP contribution in [0.1, 0.15) is 35.8 Å². The van der Waals surface area contributed by atoms with Crippen molar-refractivity contribution in [3.63, 3.8) is 0 Å². The quantitative estimate of drug-likeness (QED) is 0.716. The Kier molecular flexibility index (Phi) is 6.82. The number of hydrogen-bond donors (Lipinski definition) is 0. The zero-order valence-electron chi connectivity index (χ0n) is 17.1. The van der Waals surface area contributed by atoms with Gasteiger partial charge in [0.25, 0.3) is 5.91 Å². The molecule has 1 aliphatic rings. The lowest BCUT2D eigenvalue weighted by Gasteiger charge is -2.29. The molecule has 2 aromatic rings. The van der Waals surface area contributed by atoms with Crippen LogP contribution < -0.4 is 4.74 Å². The number of hydroxylamine groups is 2. The number of benzene rings is 2. The van der Waals surface area contributed by atoms with Crippen LogP contribution in [-0.4, -0.2) is 49.6 Å². The van der Waals surface area contributed by atoms with Crippen molar-refractivity contribution in [3.05, 3.63) is 59.7 Å². The van der Waals surface area contributed by atoms with E-state index >= 15 is 0 Å². The van der Waals surface area contributed by atoms with Gasteiger partial charge in [-0.2, -0.15) is 5.06 Å². The maximum Gasteiger partial charge on any atom is 0.329 e. The molecule has 0 bridgehead atoms. The van der Waals surface area contributed by atoms with E-state index in [0.29, 0.717) is 6.42 Å². The Balaban J connectivity index is 2.06. The van der Waals surface area contributed by atoms with Crippen LogP contribution in [0.2, 0.25) is 0 Å². The largest absolute Gasteiger partial charge is 0.497 e. The molecule has 1 aliphatic heterocycles. The fourth-order valence-electron chi connectivity index (χ4n) is 3.32. The van der Waals surface area contributed by atoms with E-state index in [0.717, 1.165) is 28.3 Å². The summed E-state index contributed by atoms with van der Waals surface area (Å²) in [6.45, 7) is 2.06. The fourth-order valence-corrected chi connectivity index (χ4v) is 4.60. The Labute approximate surface area is 175 Å². The maximum absolute atomic E-state index is 13.6. The predicted molar refractivity (Wildman–Crippen MR) is 113 cm³/mol. The van der Waals surface area contributed by atoms with Crippen LogP contribution in [0.5, 0.6) is 5.75 Å². The molecule has 2 aromatic carbocycles. The molecule has 3 rings (SSSR count). The highest BCUT2D eigenvalue weighted by atomic mass is 32.2. The lowest BCUT2D eigenvalue weighted by atomic mass is 9.94. The average Bonchev–Trinajstić information content (AvgIpc) is 2.81. The lowest BCUT2D eigenvalue weighted by molar-refractivity contribution is -0.200. The van der Waals surface area contributed by atoms with Crippen molar-refractivity contribution in [3.8, 4) is 5.75 Å². The second-order valence-corrected chi connectivity index (χ2v) is 8.29. The van der Waals surface area contributed by atoms with E-state index in [4.69, 9.17) is 9.57 Å². The van der Waals surface area contributed by atoms with E-state index in [2.05, 4.69) is 0 Å². The third-order valence-electron chi connectivity index (χ3n) is 4.75. The number of carbonyl (C=O) groups is 2. The topological polar surface area (TPSA) is 59.1 Å². The second-order valence-electron chi connectivity index (χ2n) is 7.17. The highest BCUT2D eigenvalue weighted by Gasteiger charge is 2.39. The van der Waals surface area contributed by atoms with Crippen molar-refractivity contribution in [2.24, 2.45) is 0 Å². The van der Waals surface area contributed by atoms with Gasteiger partial charge in [-0.25, -0.2) is 0 Å². The molecule has 0 aliphatic carbocycles. The van der Waals surface area contributed by atoms with Gasteiger partial charge < -0.3 is 14.5 Å². The minimum atomic E-state index is -0.519. The third-order valence-corrected chi connectivity index (χ3v) is 6.07. The number of carbonyl (C=O) groups excluding carboxylic acids is 2. The van der Waals surface area contributed by atoms with Crippen LogP contribution in [0.15, 0.2) is 53.4 Å². The van der Waals surface area contributed by atoms with E-state index < -0.39 is 11.3 Å². The lowest BCUT2D eigenvalue weighted by Crippen LogP contribution is -2.38. The smallest absolute Gasteiger partial charge is 0.329 e. The van der Waals surface area contributed by atoms with Gasteiger partial charge in [0, 0.05) is 11.8 Å². The maximum atomic E-state index is 13.6. The van der Waals surface area contributed by atoms with Gasteiger partial charge in [0.1, 0.15) is 11.1 Å². The first-order chi connectivity index (χ1) is 13.9. The number of rotatable bonds is 6. The summed E-state index contributed by atoms with van der Waals surface area (Å²) < 4.78 is 5.24. The monoisotopic (exact) mass is 414 g/mol. The molecule has 29 heavy (non-hydrogen) atoms. The van der Waals surface area contributed by atoms with Gasteiger partial charge in [0.05, 0.1) is 13.0 Å². The predicted octanol–water partition coefficient (Wildman–Crippen LogP) is 3.84. The molecule has 2 unspecified atom stereocenters. The molecular formula is C22H26N2O4S. The van der Waals surface area contributed by atoms with E-state index in [9.17, 15) is 9.59 Å². The van der Waals surface area contributed by atoms with Crippen molar-refractivity contribution in [1.29, 1.82) is 0 Å². The zero-order valence-corrected chi connectivity index (χ0v) is 17.9. The SMILES string of the molecule is COc1ccc(C2Sc3ccccc3C(CCN(C)C)C(=O)N2OC(C)=O)cc1. The van der Waals surface area contributed by atoms with Gasteiger partial charge in [0.2, 0.25) is 0 Å². The van der Waals surface area contributed by atoms with Gasteiger partial charge >= 0.3 is 5.97 Å². The number of ether oxygens (including phenoxy) is 1. The molecular weight excluding hydrogens is 388 g/mol. The van der Waals surface area contributed by atoms with Gasteiger partial charge in [-0.15, -0.1) is 0 Å². The van der Waals surface area contributed by atoms with Crippen LogP contribution in [0.25, 0.3) is 0 Å². The van der Waals surface area contributed by atoms with Crippen LogP contribution in [0, 0.1) is 0 Å². The Hall–Kier alpha value is -2.51. The van der Waals surface area contributed by atoms with Crippen molar-refractivity contribution < 1.29 is 19.2 Å². The van der Waals surface area contributed by atoms with Crippen LogP contribution in [0.3, 0.4) is 0 Å². The average molecular weight is 415 g/mol. The van der Waals surface area contributed by atoms with E-state index in [1.807, 2.05) is 67.5 Å². The second kappa shape index (κ2) is 9.33. The van der Waals surface area contributed by atoms with Crippen molar-refractivity contribution >= 4 is 23.6 Å². The number of amides is 1. The summed E-state index contributed by atoms with van der Waals surface area (Å²) in [6.07, 6.45) is 0.635. The fraction of sp³-hybridized carbons (Fsp3) is 0.364. The minimum absolute atomic E-state index is 0.208. The molecule has 1 amide bonds. The van der Waals surface area contributed by atoms with E-state index in [1.165, 1.54) is 23.7 Å². The molecule has 0 N–H and O–H groups in total. The number of nitrogens with zero attached hydrogens (tertiary/aromatic N) is 2. The summed E-state index contributed by atoms with van der Waals surface area (Å²) in [4.78, 5) is 33.9. The summed E-state index contributed by atoms with van der Waals surface area (Å²) >= 11 is 1.51. The van der Waals surface area contributed by atoms with Gasteiger partial charge in [-0.1, -0.05) is 42.1 Å². The summed E-state index contributed by atoms with van der Waals surface area (Å²) in [7, 11) is 5.56. The highest BCUT2D eigenvalue weighted by molar-refractivity contribution is 7.99. The van der Waals surface area contributed by atoms with Gasteiger partial charge in [0.15, 0.2) is 0 Å². The Morgan fingerprint density at radius 2 is 1.83 bits per heavy atom. The number of thioether (sulfide) groups is 1. The van der Waals surface area contributed by atoms with Gasteiger partial charge in [-0.3, -0.25) is 9.59 Å². The number of fused-ring (bicyclic) bond motifs is 1. The molecule has 2 atom stereocenters. The molecule has 0 aromatic heterocycles. The van der Waals surface area contributed by atoms with Crippen LogP contribution in [-0.2, 0) is 14.4 Å². The Morgan fingerprint density at radius 3 is 2.45 bits per heavy atom. The summed E-state index contributed by atoms with van der Waals surface area (Å²) in [5.74, 6) is -0.388. The van der Waals surface area contributed by atoms with Crippen molar-refractivity contribution in [2.45, 2.75) is 29.5 Å². The van der Waals surface area contributed by atoms with Crippen LogP contribution >= 0.6 is 11.8 Å². The van der Waals surface area contributed by atoms with Crippen molar-refractivity contribution in [1.82, 2.24) is 9.96 Å². The molecule has 0 saturated carbocycles. The minimum Gasteiger partial charge on any atom is -0.497 e. The first kappa shape index (κ1) is 21.2.